The fourth-order valence-electron chi connectivity index (χ4n) is 2.50. The summed E-state index contributed by atoms with van der Waals surface area (Å²) in [7, 11) is 0. The van der Waals surface area contributed by atoms with Gasteiger partial charge >= 0.3 is 0 Å². The molecule has 0 saturated heterocycles. The quantitative estimate of drug-likeness (QED) is 0.801. The molecule has 1 aromatic rings. The van der Waals surface area contributed by atoms with Crippen molar-refractivity contribution in [1.29, 1.82) is 0 Å². The molecule has 104 valence electrons. The Labute approximate surface area is 113 Å². The van der Waals surface area contributed by atoms with Crippen LogP contribution in [0, 0.1) is 0 Å². The molecule has 2 rings (SSSR count). The van der Waals surface area contributed by atoms with E-state index in [9.17, 15) is 9.90 Å². The molecule has 0 atom stereocenters. The lowest BCUT2D eigenvalue weighted by Crippen LogP contribution is -2.38. The molecule has 4 nitrogen and oxygen atoms in total. The van der Waals surface area contributed by atoms with Crippen LogP contribution in [-0.2, 0) is 16.2 Å². The lowest BCUT2D eigenvalue weighted by Gasteiger charge is -2.31. The topological polar surface area (TPSA) is 58.6 Å². The summed E-state index contributed by atoms with van der Waals surface area (Å²) in [6.45, 7) is 0.338. The van der Waals surface area contributed by atoms with Gasteiger partial charge in [-0.05, 0) is 18.4 Å². The normalized spacial score (nSPS) is 17.9. The summed E-state index contributed by atoms with van der Waals surface area (Å²) in [5.41, 5.74) is 2.57. The van der Waals surface area contributed by atoms with Gasteiger partial charge in [-0.3, -0.25) is 9.63 Å². The van der Waals surface area contributed by atoms with Gasteiger partial charge in [-0.1, -0.05) is 49.6 Å². The number of amides is 1. The first-order valence-corrected chi connectivity index (χ1v) is 6.85. The van der Waals surface area contributed by atoms with Crippen molar-refractivity contribution in [3.05, 3.63) is 35.9 Å². The van der Waals surface area contributed by atoms with Crippen LogP contribution in [-0.4, -0.2) is 16.6 Å². The fraction of sp³-hybridized carbons (Fsp3) is 0.533. The van der Waals surface area contributed by atoms with E-state index in [4.69, 9.17) is 4.84 Å². The number of aliphatic hydroxyl groups is 1. The molecule has 0 unspecified atom stereocenters. The number of nitrogens with one attached hydrogen (secondary N) is 1. The predicted octanol–water partition coefficient (Wildman–Crippen LogP) is 2.32. The second-order valence-electron chi connectivity index (χ2n) is 5.26. The van der Waals surface area contributed by atoms with E-state index < -0.39 is 5.60 Å². The Morgan fingerprint density at radius 2 is 1.89 bits per heavy atom. The zero-order chi connectivity index (χ0) is 13.6. The van der Waals surface area contributed by atoms with Gasteiger partial charge in [-0.25, -0.2) is 5.48 Å². The highest BCUT2D eigenvalue weighted by Crippen LogP contribution is 2.30. The van der Waals surface area contributed by atoms with Crippen LogP contribution in [0.15, 0.2) is 30.3 Å². The van der Waals surface area contributed by atoms with Crippen molar-refractivity contribution >= 4 is 5.91 Å². The smallest absolute Gasteiger partial charge is 0.246 e. The van der Waals surface area contributed by atoms with Gasteiger partial charge in [0, 0.05) is 0 Å². The standard InChI is InChI=1S/C15H21NO3/c17-14(11-15(18)9-5-2-6-10-15)16-19-12-13-7-3-1-4-8-13/h1,3-4,7-8,18H,2,5-6,9-12H2,(H,16,17). The molecule has 2 N–H and O–H groups in total. The van der Waals surface area contributed by atoms with Crippen LogP contribution in [0.4, 0.5) is 0 Å². The van der Waals surface area contributed by atoms with Gasteiger partial charge in [0.15, 0.2) is 0 Å². The molecule has 4 heteroatoms. The molecule has 1 aromatic carbocycles. The number of rotatable bonds is 5. The third-order valence-corrected chi connectivity index (χ3v) is 3.54. The second-order valence-corrected chi connectivity index (χ2v) is 5.26. The van der Waals surface area contributed by atoms with Crippen LogP contribution in [0.25, 0.3) is 0 Å². The number of hydroxylamine groups is 1. The zero-order valence-electron chi connectivity index (χ0n) is 11.1. The molecule has 1 saturated carbocycles. The molecule has 1 aliphatic rings. The van der Waals surface area contributed by atoms with Crippen LogP contribution in [0.2, 0.25) is 0 Å². The summed E-state index contributed by atoms with van der Waals surface area (Å²) in [6, 6.07) is 9.64. The highest BCUT2D eigenvalue weighted by atomic mass is 16.6. The van der Waals surface area contributed by atoms with Gasteiger partial charge in [0.05, 0.1) is 18.6 Å². The molecule has 0 aliphatic heterocycles. The summed E-state index contributed by atoms with van der Waals surface area (Å²) < 4.78 is 0. The summed E-state index contributed by atoms with van der Waals surface area (Å²) in [6.07, 6.45) is 4.68. The van der Waals surface area contributed by atoms with Crippen LogP contribution in [0.1, 0.15) is 44.1 Å². The molecule has 1 amide bonds. The minimum Gasteiger partial charge on any atom is -0.389 e. The minimum atomic E-state index is -0.835. The highest BCUT2D eigenvalue weighted by molar-refractivity contribution is 5.75. The minimum absolute atomic E-state index is 0.127. The first-order valence-electron chi connectivity index (χ1n) is 6.85. The number of carbonyl (C=O) groups excluding carboxylic acids is 1. The predicted molar refractivity (Wildman–Crippen MR) is 72.0 cm³/mol. The number of hydrogen-bond acceptors (Lipinski definition) is 3. The number of carbonyl (C=O) groups is 1. The van der Waals surface area contributed by atoms with E-state index in [1.165, 1.54) is 0 Å². The fourth-order valence-corrected chi connectivity index (χ4v) is 2.50. The van der Waals surface area contributed by atoms with Gasteiger partial charge in [-0.15, -0.1) is 0 Å². The molecule has 19 heavy (non-hydrogen) atoms. The maximum atomic E-state index is 11.7. The Balaban J connectivity index is 1.70. The molecule has 1 fully saturated rings. The van der Waals surface area contributed by atoms with Crippen molar-refractivity contribution in [2.75, 3.05) is 0 Å². The van der Waals surface area contributed by atoms with Crippen LogP contribution in [0.3, 0.4) is 0 Å². The van der Waals surface area contributed by atoms with E-state index in [0.29, 0.717) is 19.4 Å². The van der Waals surface area contributed by atoms with Gasteiger partial charge in [0.1, 0.15) is 0 Å². The van der Waals surface area contributed by atoms with Crippen molar-refractivity contribution in [2.24, 2.45) is 0 Å². The average molecular weight is 263 g/mol. The van der Waals surface area contributed by atoms with Crippen molar-refractivity contribution < 1.29 is 14.7 Å². The average Bonchev–Trinajstić information content (AvgIpc) is 2.40. The Morgan fingerprint density at radius 3 is 2.58 bits per heavy atom. The van der Waals surface area contributed by atoms with E-state index >= 15 is 0 Å². The van der Waals surface area contributed by atoms with Crippen LogP contribution in [0.5, 0.6) is 0 Å². The summed E-state index contributed by atoms with van der Waals surface area (Å²) in [5, 5.41) is 10.2. The van der Waals surface area contributed by atoms with Gasteiger partial charge in [0.25, 0.3) is 0 Å². The summed E-state index contributed by atoms with van der Waals surface area (Å²) in [4.78, 5) is 16.9. The Morgan fingerprint density at radius 1 is 1.21 bits per heavy atom. The first kappa shape index (κ1) is 14.0. The lowest BCUT2D eigenvalue weighted by atomic mass is 9.82. The summed E-state index contributed by atoms with van der Waals surface area (Å²) in [5.74, 6) is -0.250. The Kier molecular flexibility index (Phi) is 4.93. The Bertz CT molecular complexity index is 399. The molecule has 0 radical (unpaired) electrons. The third kappa shape index (κ3) is 4.65. The van der Waals surface area contributed by atoms with Crippen LogP contribution < -0.4 is 5.48 Å². The van der Waals surface area contributed by atoms with Crippen molar-refractivity contribution in [3.63, 3.8) is 0 Å². The molecule has 1 aliphatic carbocycles. The maximum absolute atomic E-state index is 11.7. The largest absolute Gasteiger partial charge is 0.389 e. The zero-order valence-corrected chi connectivity index (χ0v) is 11.1. The van der Waals surface area contributed by atoms with Gasteiger partial charge in [-0.2, -0.15) is 0 Å². The van der Waals surface area contributed by atoms with E-state index in [1.807, 2.05) is 30.3 Å². The number of benzene rings is 1. The molecular formula is C15H21NO3. The van der Waals surface area contributed by atoms with E-state index in [2.05, 4.69) is 5.48 Å². The van der Waals surface area contributed by atoms with Gasteiger partial charge in [0.2, 0.25) is 5.91 Å². The lowest BCUT2D eigenvalue weighted by molar-refractivity contribution is -0.141. The van der Waals surface area contributed by atoms with Crippen molar-refractivity contribution in [3.8, 4) is 0 Å². The van der Waals surface area contributed by atoms with Gasteiger partial charge < -0.3 is 5.11 Å². The highest BCUT2D eigenvalue weighted by Gasteiger charge is 2.31. The second kappa shape index (κ2) is 6.68. The molecule has 0 spiro atoms. The van der Waals surface area contributed by atoms with E-state index in [-0.39, 0.29) is 12.3 Å². The summed E-state index contributed by atoms with van der Waals surface area (Å²) >= 11 is 0. The SMILES string of the molecule is O=C(CC1(O)CCCCC1)NOCc1ccccc1. The van der Waals surface area contributed by atoms with E-state index in [1.54, 1.807) is 0 Å². The first-order chi connectivity index (χ1) is 9.18. The monoisotopic (exact) mass is 263 g/mol. The van der Waals surface area contributed by atoms with Crippen molar-refractivity contribution in [1.82, 2.24) is 5.48 Å². The molecule has 0 bridgehead atoms. The number of hydrogen-bond donors (Lipinski definition) is 2. The third-order valence-electron chi connectivity index (χ3n) is 3.54. The van der Waals surface area contributed by atoms with E-state index in [0.717, 1.165) is 24.8 Å². The maximum Gasteiger partial charge on any atom is 0.246 e. The Hall–Kier alpha value is -1.39. The molecule has 0 aromatic heterocycles. The van der Waals surface area contributed by atoms with Crippen LogP contribution >= 0.6 is 0 Å². The molecular weight excluding hydrogens is 242 g/mol. The molecule has 0 heterocycles. The van der Waals surface area contributed by atoms with Crippen molar-refractivity contribution in [2.45, 2.75) is 50.7 Å².